The van der Waals surface area contributed by atoms with Gasteiger partial charge in [-0.2, -0.15) is 0 Å². The van der Waals surface area contributed by atoms with E-state index in [0.29, 0.717) is 5.56 Å². The molecule has 1 aromatic carbocycles. The largest absolute Gasteiger partial charge is 0.322 e. The zero-order chi connectivity index (χ0) is 16.5. The minimum absolute atomic E-state index is 0.0771. The van der Waals surface area contributed by atoms with Gasteiger partial charge in [-0.3, -0.25) is 9.78 Å². The van der Waals surface area contributed by atoms with E-state index in [4.69, 9.17) is 0 Å². The van der Waals surface area contributed by atoms with Gasteiger partial charge in [0.05, 0.1) is 15.8 Å². The van der Waals surface area contributed by atoms with Crippen molar-refractivity contribution in [2.24, 2.45) is 0 Å². The van der Waals surface area contributed by atoms with Gasteiger partial charge in [0.15, 0.2) is 0 Å². The Morgan fingerprint density at radius 2 is 2.17 bits per heavy atom. The third kappa shape index (κ3) is 2.92. The van der Waals surface area contributed by atoms with E-state index in [1.807, 2.05) is 17.5 Å². The van der Waals surface area contributed by atoms with E-state index in [0.717, 1.165) is 35.4 Å². The van der Waals surface area contributed by atoms with Gasteiger partial charge in [-0.25, -0.2) is 0 Å². The van der Waals surface area contributed by atoms with Crippen molar-refractivity contribution in [3.05, 3.63) is 58.6 Å². The predicted molar refractivity (Wildman–Crippen MR) is 98.7 cm³/mol. The van der Waals surface area contributed by atoms with Gasteiger partial charge in [-0.05, 0) is 67.2 Å². The number of amides is 1. The van der Waals surface area contributed by atoms with Crippen molar-refractivity contribution < 1.29 is 4.79 Å². The van der Waals surface area contributed by atoms with E-state index >= 15 is 0 Å². The van der Waals surface area contributed by atoms with E-state index in [1.54, 1.807) is 23.6 Å². The zero-order valence-electron chi connectivity index (χ0n) is 13.6. The molecule has 0 atom stereocenters. The zero-order valence-corrected chi connectivity index (χ0v) is 14.4. The van der Waals surface area contributed by atoms with Gasteiger partial charge < -0.3 is 10.2 Å². The molecule has 122 valence electrons. The summed E-state index contributed by atoms with van der Waals surface area (Å²) in [6.45, 7) is 2.05. The highest BCUT2D eigenvalue weighted by Gasteiger charge is 2.15. The molecule has 2 aromatic heterocycles. The number of hydrogen-bond donors (Lipinski definition) is 1. The number of aryl methyl sites for hydroxylation is 1. The third-order valence-electron chi connectivity index (χ3n) is 4.48. The number of carbonyl (C=O) groups is 1. The van der Waals surface area contributed by atoms with E-state index in [1.165, 1.54) is 17.5 Å². The Balaban J connectivity index is 1.61. The molecule has 0 unspecified atom stereocenters. The fourth-order valence-electron chi connectivity index (χ4n) is 3.25. The van der Waals surface area contributed by atoms with Crippen LogP contribution in [0, 0.1) is 0 Å². The first-order valence-electron chi connectivity index (χ1n) is 8.14. The van der Waals surface area contributed by atoms with Gasteiger partial charge in [0.25, 0.3) is 5.91 Å². The molecule has 3 heterocycles. The monoisotopic (exact) mass is 337 g/mol. The summed E-state index contributed by atoms with van der Waals surface area (Å²) in [6, 6.07) is 9.99. The van der Waals surface area contributed by atoms with Crippen molar-refractivity contribution >= 4 is 33.1 Å². The maximum Gasteiger partial charge on any atom is 0.257 e. The molecular weight excluding hydrogens is 318 g/mol. The van der Waals surface area contributed by atoms with E-state index in [2.05, 4.69) is 34.4 Å². The molecule has 0 fully saturated rings. The molecule has 1 amide bonds. The highest BCUT2D eigenvalue weighted by atomic mass is 32.1. The van der Waals surface area contributed by atoms with Crippen LogP contribution >= 0.6 is 11.3 Å². The van der Waals surface area contributed by atoms with Gasteiger partial charge >= 0.3 is 0 Å². The summed E-state index contributed by atoms with van der Waals surface area (Å²) in [5.74, 6) is -0.0771. The Bertz CT molecular complexity index is 903. The number of nitrogens with zero attached hydrogens (tertiary/aromatic N) is 2. The summed E-state index contributed by atoms with van der Waals surface area (Å²) in [7, 11) is 2.14. The Kier molecular flexibility index (Phi) is 4.04. The summed E-state index contributed by atoms with van der Waals surface area (Å²) in [4.78, 5) is 19.3. The number of nitrogens with one attached hydrogen (secondary N) is 1. The molecule has 0 saturated heterocycles. The van der Waals surface area contributed by atoms with Crippen molar-refractivity contribution in [3.63, 3.8) is 0 Å². The van der Waals surface area contributed by atoms with Crippen molar-refractivity contribution in [3.8, 4) is 0 Å². The van der Waals surface area contributed by atoms with Crippen LogP contribution in [0.5, 0.6) is 0 Å². The second kappa shape index (κ2) is 6.34. The van der Waals surface area contributed by atoms with E-state index in [9.17, 15) is 4.79 Å². The minimum atomic E-state index is -0.0771. The van der Waals surface area contributed by atoms with Crippen LogP contribution in [0.15, 0.2) is 41.9 Å². The van der Waals surface area contributed by atoms with Crippen LogP contribution in [0.3, 0.4) is 0 Å². The first-order valence-corrected chi connectivity index (χ1v) is 9.02. The number of aromatic nitrogens is 1. The Hall–Kier alpha value is -2.24. The van der Waals surface area contributed by atoms with Gasteiger partial charge in [0.1, 0.15) is 0 Å². The maximum absolute atomic E-state index is 12.7. The number of pyridine rings is 1. The Morgan fingerprint density at radius 3 is 3.08 bits per heavy atom. The summed E-state index contributed by atoms with van der Waals surface area (Å²) >= 11 is 1.55. The van der Waals surface area contributed by atoms with Crippen LogP contribution in [0.25, 0.3) is 10.2 Å². The molecule has 1 N–H and O–H groups in total. The number of thiophene rings is 1. The normalized spacial score (nSPS) is 15.0. The smallest absolute Gasteiger partial charge is 0.257 e. The third-order valence-corrected chi connectivity index (χ3v) is 5.42. The fourth-order valence-corrected chi connectivity index (χ4v) is 4.12. The Morgan fingerprint density at radius 1 is 1.25 bits per heavy atom. The van der Waals surface area contributed by atoms with E-state index < -0.39 is 0 Å². The van der Waals surface area contributed by atoms with Gasteiger partial charge in [0.2, 0.25) is 0 Å². The molecule has 3 aromatic rings. The van der Waals surface area contributed by atoms with Crippen LogP contribution in [0.4, 0.5) is 5.69 Å². The lowest BCUT2D eigenvalue weighted by atomic mass is 10.0. The minimum Gasteiger partial charge on any atom is -0.322 e. The molecule has 24 heavy (non-hydrogen) atoms. The van der Waals surface area contributed by atoms with Crippen LogP contribution in [-0.4, -0.2) is 29.4 Å². The molecule has 0 spiro atoms. The predicted octanol–water partition coefficient (Wildman–Crippen LogP) is 3.93. The molecule has 5 heteroatoms. The van der Waals surface area contributed by atoms with Gasteiger partial charge in [-0.1, -0.05) is 6.07 Å². The average molecular weight is 337 g/mol. The molecule has 0 saturated carbocycles. The lowest BCUT2D eigenvalue weighted by Gasteiger charge is -2.14. The molecule has 0 aliphatic carbocycles. The molecular formula is C19H19N3OS. The van der Waals surface area contributed by atoms with Crippen LogP contribution < -0.4 is 5.32 Å². The van der Waals surface area contributed by atoms with Gasteiger partial charge in [-0.15, -0.1) is 11.3 Å². The van der Waals surface area contributed by atoms with Crippen molar-refractivity contribution in [1.29, 1.82) is 0 Å². The standard InChI is InChI=1S/C19H19N3OS/c1-22-9-2-3-13-4-5-15(11-14(13)12-22)21-19(23)16-6-8-20-17-7-10-24-18(16)17/h4-8,10-11H,2-3,9,12H2,1H3,(H,21,23). The van der Waals surface area contributed by atoms with Crippen molar-refractivity contribution in [2.45, 2.75) is 19.4 Å². The Labute approximate surface area is 145 Å². The summed E-state index contributed by atoms with van der Waals surface area (Å²) < 4.78 is 0.935. The quantitative estimate of drug-likeness (QED) is 0.771. The number of benzene rings is 1. The first-order chi connectivity index (χ1) is 11.7. The number of carbonyl (C=O) groups excluding carboxylic acids is 1. The number of hydrogen-bond acceptors (Lipinski definition) is 4. The van der Waals surface area contributed by atoms with Crippen LogP contribution in [0.2, 0.25) is 0 Å². The fraction of sp³-hybridized carbons (Fsp3) is 0.263. The number of fused-ring (bicyclic) bond motifs is 2. The second-order valence-corrected chi connectivity index (χ2v) is 7.19. The molecule has 1 aliphatic heterocycles. The summed E-state index contributed by atoms with van der Waals surface area (Å²) in [5, 5.41) is 5.01. The molecule has 4 nitrogen and oxygen atoms in total. The topological polar surface area (TPSA) is 45.2 Å². The SMILES string of the molecule is CN1CCCc2ccc(NC(=O)c3ccnc4ccsc34)cc2C1. The van der Waals surface area contributed by atoms with Crippen LogP contribution in [-0.2, 0) is 13.0 Å². The summed E-state index contributed by atoms with van der Waals surface area (Å²) in [6.07, 6.45) is 3.98. The molecule has 0 bridgehead atoms. The summed E-state index contributed by atoms with van der Waals surface area (Å²) in [5.41, 5.74) is 5.11. The lowest BCUT2D eigenvalue weighted by molar-refractivity contribution is 0.102. The lowest BCUT2D eigenvalue weighted by Crippen LogP contribution is -2.17. The second-order valence-electron chi connectivity index (χ2n) is 6.27. The molecule has 1 aliphatic rings. The average Bonchev–Trinajstić information content (AvgIpc) is 2.97. The number of anilines is 1. The van der Waals surface area contributed by atoms with Crippen molar-refractivity contribution in [2.75, 3.05) is 18.9 Å². The van der Waals surface area contributed by atoms with Crippen molar-refractivity contribution in [1.82, 2.24) is 9.88 Å². The highest BCUT2D eigenvalue weighted by molar-refractivity contribution is 7.17. The maximum atomic E-state index is 12.7. The molecule has 0 radical (unpaired) electrons. The van der Waals surface area contributed by atoms with Crippen LogP contribution in [0.1, 0.15) is 27.9 Å². The van der Waals surface area contributed by atoms with Gasteiger partial charge in [0, 0.05) is 18.4 Å². The molecule has 4 rings (SSSR count). The first kappa shape index (κ1) is 15.3. The van der Waals surface area contributed by atoms with E-state index in [-0.39, 0.29) is 5.91 Å². The number of rotatable bonds is 2. The highest BCUT2D eigenvalue weighted by Crippen LogP contribution is 2.25.